The lowest BCUT2D eigenvalue weighted by molar-refractivity contribution is 0.645. The largest absolute Gasteiger partial charge is 0.314 e. The molecule has 1 fully saturated rings. The van der Waals surface area contributed by atoms with E-state index >= 15 is 0 Å². The normalized spacial score (nSPS) is 15.8. The molecule has 76 valence electrons. The Morgan fingerprint density at radius 2 is 1.93 bits per heavy atom. The second kappa shape index (κ2) is 4.94. The summed E-state index contributed by atoms with van der Waals surface area (Å²) in [5.41, 5.74) is 1.44. The number of aryl methyl sites for hydroxylation is 1. The highest BCUT2D eigenvalue weighted by atomic mass is 79.9. The Balaban J connectivity index is 1.66. The zero-order chi connectivity index (χ0) is 9.80. The van der Waals surface area contributed by atoms with Crippen LogP contribution < -0.4 is 5.32 Å². The van der Waals surface area contributed by atoms with Gasteiger partial charge in [-0.3, -0.25) is 0 Å². The fourth-order valence-electron chi connectivity index (χ4n) is 1.54. The van der Waals surface area contributed by atoms with Crippen LogP contribution in [0.1, 0.15) is 24.8 Å². The SMILES string of the molecule is Brc1ccc(CCCNC2CC2)cc1. The molecule has 14 heavy (non-hydrogen) atoms. The zero-order valence-electron chi connectivity index (χ0n) is 8.30. The monoisotopic (exact) mass is 253 g/mol. The van der Waals surface area contributed by atoms with Gasteiger partial charge in [0.2, 0.25) is 0 Å². The summed E-state index contributed by atoms with van der Waals surface area (Å²) in [6.45, 7) is 1.17. The summed E-state index contributed by atoms with van der Waals surface area (Å²) in [4.78, 5) is 0. The molecule has 1 aromatic carbocycles. The van der Waals surface area contributed by atoms with Crippen LogP contribution in [-0.4, -0.2) is 12.6 Å². The van der Waals surface area contributed by atoms with Crippen molar-refractivity contribution in [3.8, 4) is 0 Å². The van der Waals surface area contributed by atoms with Gasteiger partial charge in [-0.2, -0.15) is 0 Å². The minimum absolute atomic E-state index is 0.847. The van der Waals surface area contributed by atoms with Crippen molar-refractivity contribution in [3.05, 3.63) is 34.3 Å². The van der Waals surface area contributed by atoms with E-state index in [9.17, 15) is 0 Å². The van der Waals surface area contributed by atoms with Crippen LogP contribution in [0.2, 0.25) is 0 Å². The number of rotatable bonds is 5. The summed E-state index contributed by atoms with van der Waals surface area (Å²) in [5.74, 6) is 0. The van der Waals surface area contributed by atoms with Crippen LogP contribution in [0.5, 0.6) is 0 Å². The number of halogens is 1. The van der Waals surface area contributed by atoms with Crippen molar-refractivity contribution < 1.29 is 0 Å². The maximum absolute atomic E-state index is 3.53. The molecule has 0 heterocycles. The third-order valence-corrected chi connectivity index (χ3v) is 3.09. The van der Waals surface area contributed by atoms with Crippen molar-refractivity contribution in [1.29, 1.82) is 0 Å². The van der Waals surface area contributed by atoms with Gasteiger partial charge in [0.25, 0.3) is 0 Å². The molecule has 0 radical (unpaired) electrons. The fourth-order valence-corrected chi connectivity index (χ4v) is 1.80. The maximum Gasteiger partial charge on any atom is 0.0175 e. The van der Waals surface area contributed by atoms with Gasteiger partial charge in [-0.15, -0.1) is 0 Å². The molecule has 0 amide bonds. The van der Waals surface area contributed by atoms with Crippen LogP contribution in [0.15, 0.2) is 28.7 Å². The first-order valence-electron chi connectivity index (χ1n) is 5.32. The Morgan fingerprint density at radius 3 is 2.57 bits per heavy atom. The topological polar surface area (TPSA) is 12.0 Å². The molecule has 2 heteroatoms. The zero-order valence-corrected chi connectivity index (χ0v) is 9.89. The summed E-state index contributed by atoms with van der Waals surface area (Å²) < 4.78 is 1.16. The molecule has 1 N–H and O–H groups in total. The van der Waals surface area contributed by atoms with Gasteiger partial charge >= 0.3 is 0 Å². The molecule has 1 nitrogen and oxygen atoms in total. The lowest BCUT2D eigenvalue weighted by atomic mass is 10.1. The average molecular weight is 254 g/mol. The lowest BCUT2D eigenvalue weighted by Gasteiger charge is -2.03. The Hall–Kier alpha value is -0.340. The smallest absolute Gasteiger partial charge is 0.0175 e. The Labute approximate surface area is 94.0 Å². The van der Waals surface area contributed by atoms with Gasteiger partial charge in [0.15, 0.2) is 0 Å². The molecular weight excluding hydrogens is 238 g/mol. The summed E-state index contributed by atoms with van der Waals surface area (Å²) >= 11 is 3.44. The van der Waals surface area contributed by atoms with Gasteiger partial charge in [-0.05, 0) is 49.9 Å². The van der Waals surface area contributed by atoms with Gasteiger partial charge in [-0.25, -0.2) is 0 Å². The summed E-state index contributed by atoms with van der Waals surface area (Å²) in [6, 6.07) is 9.47. The standard InChI is InChI=1S/C12H16BrN/c13-11-5-3-10(4-6-11)2-1-9-14-12-7-8-12/h3-6,12,14H,1-2,7-9H2. The summed E-state index contributed by atoms with van der Waals surface area (Å²) in [7, 11) is 0. The van der Waals surface area contributed by atoms with Crippen LogP contribution in [-0.2, 0) is 6.42 Å². The van der Waals surface area contributed by atoms with E-state index in [1.54, 1.807) is 0 Å². The van der Waals surface area contributed by atoms with E-state index in [0.717, 1.165) is 10.5 Å². The molecular formula is C12H16BrN. The molecule has 0 aromatic heterocycles. The highest BCUT2D eigenvalue weighted by molar-refractivity contribution is 9.10. The molecule has 1 aliphatic rings. The van der Waals surface area contributed by atoms with Crippen LogP contribution >= 0.6 is 15.9 Å². The fraction of sp³-hybridized carbons (Fsp3) is 0.500. The van der Waals surface area contributed by atoms with E-state index in [1.807, 2.05) is 0 Å². The Bertz CT molecular complexity index is 277. The van der Waals surface area contributed by atoms with Gasteiger partial charge < -0.3 is 5.32 Å². The van der Waals surface area contributed by atoms with Gasteiger partial charge in [0, 0.05) is 10.5 Å². The van der Waals surface area contributed by atoms with Crippen molar-refractivity contribution in [3.63, 3.8) is 0 Å². The van der Waals surface area contributed by atoms with E-state index in [1.165, 1.54) is 37.8 Å². The maximum atomic E-state index is 3.53. The van der Waals surface area contributed by atoms with E-state index in [2.05, 4.69) is 45.5 Å². The summed E-state index contributed by atoms with van der Waals surface area (Å²) in [6.07, 6.45) is 5.21. The summed E-state index contributed by atoms with van der Waals surface area (Å²) in [5, 5.41) is 3.53. The van der Waals surface area contributed by atoms with Crippen molar-refractivity contribution in [2.24, 2.45) is 0 Å². The highest BCUT2D eigenvalue weighted by Gasteiger charge is 2.19. The first-order chi connectivity index (χ1) is 6.84. The second-order valence-corrected chi connectivity index (χ2v) is 4.87. The van der Waals surface area contributed by atoms with E-state index in [-0.39, 0.29) is 0 Å². The molecule has 0 unspecified atom stereocenters. The minimum Gasteiger partial charge on any atom is -0.314 e. The van der Waals surface area contributed by atoms with Gasteiger partial charge in [-0.1, -0.05) is 28.1 Å². The predicted octanol–water partition coefficient (Wildman–Crippen LogP) is 3.13. The lowest BCUT2D eigenvalue weighted by Crippen LogP contribution is -2.17. The number of hydrogen-bond acceptors (Lipinski definition) is 1. The third-order valence-electron chi connectivity index (χ3n) is 2.57. The first-order valence-corrected chi connectivity index (χ1v) is 6.12. The van der Waals surface area contributed by atoms with Crippen molar-refractivity contribution in [2.45, 2.75) is 31.7 Å². The third kappa shape index (κ3) is 3.43. The van der Waals surface area contributed by atoms with Gasteiger partial charge in [0.1, 0.15) is 0 Å². The Morgan fingerprint density at radius 1 is 1.21 bits per heavy atom. The first kappa shape index (κ1) is 10.2. The molecule has 2 rings (SSSR count). The van der Waals surface area contributed by atoms with E-state index < -0.39 is 0 Å². The minimum atomic E-state index is 0.847. The van der Waals surface area contributed by atoms with Crippen molar-refractivity contribution >= 4 is 15.9 Å². The number of nitrogens with one attached hydrogen (secondary N) is 1. The molecule has 1 aliphatic carbocycles. The quantitative estimate of drug-likeness (QED) is 0.796. The molecule has 0 spiro atoms. The molecule has 0 aliphatic heterocycles. The molecule has 0 atom stereocenters. The highest BCUT2D eigenvalue weighted by Crippen LogP contribution is 2.18. The van der Waals surface area contributed by atoms with E-state index in [0.29, 0.717) is 0 Å². The van der Waals surface area contributed by atoms with Gasteiger partial charge in [0.05, 0.1) is 0 Å². The molecule has 1 saturated carbocycles. The van der Waals surface area contributed by atoms with Crippen LogP contribution in [0.4, 0.5) is 0 Å². The molecule has 0 saturated heterocycles. The second-order valence-electron chi connectivity index (χ2n) is 3.96. The molecule has 1 aromatic rings. The van der Waals surface area contributed by atoms with E-state index in [4.69, 9.17) is 0 Å². The van der Waals surface area contributed by atoms with Crippen LogP contribution in [0.3, 0.4) is 0 Å². The van der Waals surface area contributed by atoms with Crippen LogP contribution in [0.25, 0.3) is 0 Å². The Kier molecular flexibility index (Phi) is 3.60. The van der Waals surface area contributed by atoms with Crippen LogP contribution in [0, 0.1) is 0 Å². The van der Waals surface area contributed by atoms with Crippen molar-refractivity contribution in [2.75, 3.05) is 6.54 Å². The molecule has 0 bridgehead atoms. The number of hydrogen-bond donors (Lipinski definition) is 1. The van der Waals surface area contributed by atoms with Crippen molar-refractivity contribution in [1.82, 2.24) is 5.32 Å². The average Bonchev–Trinajstić information content (AvgIpc) is 2.99. The number of benzene rings is 1. The predicted molar refractivity (Wildman–Crippen MR) is 63.5 cm³/mol.